The van der Waals surface area contributed by atoms with E-state index in [-0.39, 0.29) is 0 Å². The topological polar surface area (TPSA) is 44.3 Å². The molecule has 3 heterocycles. The second-order valence-electron chi connectivity index (χ2n) is 8.81. The van der Waals surface area contributed by atoms with Crippen LogP contribution < -0.4 is 0 Å². The van der Waals surface area contributed by atoms with Gasteiger partial charge in [0.25, 0.3) is 0 Å². The lowest BCUT2D eigenvalue weighted by atomic mass is 9.87. The highest BCUT2D eigenvalue weighted by Gasteiger charge is 2.21. The molecule has 1 fully saturated rings. The molecule has 0 bridgehead atoms. The van der Waals surface area contributed by atoms with Gasteiger partial charge in [0.05, 0.1) is 11.7 Å². The van der Waals surface area contributed by atoms with Crippen LogP contribution in [0.25, 0.3) is 16.8 Å². The van der Waals surface area contributed by atoms with E-state index in [1.54, 1.807) is 0 Å². The van der Waals surface area contributed by atoms with Crippen LogP contribution in [0.15, 0.2) is 24.7 Å². The predicted octanol–water partition coefficient (Wildman–Crippen LogP) is 5.04. The van der Waals surface area contributed by atoms with Gasteiger partial charge in [-0.15, -0.1) is 0 Å². The summed E-state index contributed by atoms with van der Waals surface area (Å²) >= 11 is 0. The van der Waals surface area contributed by atoms with E-state index < -0.39 is 8.07 Å². The highest BCUT2D eigenvalue weighted by molar-refractivity contribution is 6.76. The van der Waals surface area contributed by atoms with Crippen LogP contribution in [-0.4, -0.2) is 33.6 Å². The SMILES string of the molecule is C[Si](C)(C)CCOCn1ccc2c1ncc1ncc(C3CCCCC3)n12. The Morgan fingerprint density at radius 3 is 2.69 bits per heavy atom. The van der Waals surface area contributed by atoms with Gasteiger partial charge in [-0.25, -0.2) is 9.97 Å². The Balaban J connectivity index is 1.60. The Bertz CT molecular complexity index is 886. The highest BCUT2D eigenvalue weighted by atomic mass is 28.3. The number of nitrogens with zero attached hydrogens (tertiary/aromatic N) is 4. The van der Waals surface area contributed by atoms with Gasteiger partial charge in [0, 0.05) is 38.7 Å². The summed E-state index contributed by atoms with van der Waals surface area (Å²) in [5.74, 6) is 0.626. The maximum Gasteiger partial charge on any atom is 0.159 e. The van der Waals surface area contributed by atoms with Crippen LogP contribution in [-0.2, 0) is 11.5 Å². The van der Waals surface area contributed by atoms with Gasteiger partial charge in [-0.3, -0.25) is 4.40 Å². The molecule has 1 aliphatic rings. The van der Waals surface area contributed by atoms with Crippen molar-refractivity contribution in [2.75, 3.05) is 6.61 Å². The molecule has 1 saturated carbocycles. The number of hydrogen-bond acceptors (Lipinski definition) is 3. The lowest BCUT2D eigenvalue weighted by Crippen LogP contribution is -2.22. The molecule has 3 aromatic heterocycles. The Labute approximate surface area is 156 Å². The normalized spacial score (nSPS) is 16.7. The molecule has 26 heavy (non-hydrogen) atoms. The minimum atomic E-state index is -1.05. The van der Waals surface area contributed by atoms with E-state index in [1.807, 2.05) is 6.20 Å². The van der Waals surface area contributed by atoms with Gasteiger partial charge in [0.15, 0.2) is 11.3 Å². The van der Waals surface area contributed by atoms with Crippen molar-refractivity contribution >= 4 is 24.9 Å². The molecule has 0 amide bonds. The van der Waals surface area contributed by atoms with E-state index in [0.717, 1.165) is 23.4 Å². The van der Waals surface area contributed by atoms with E-state index >= 15 is 0 Å². The minimum absolute atomic E-state index is 0.569. The van der Waals surface area contributed by atoms with Crippen molar-refractivity contribution in [1.82, 2.24) is 18.9 Å². The molecule has 4 rings (SSSR count). The van der Waals surface area contributed by atoms with Crippen molar-refractivity contribution in [3.8, 4) is 0 Å². The van der Waals surface area contributed by atoms with E-state index in [0.29, 0.717) is 12.6 Å². The van der Waals surface area contributed by atoms with Crippen LogP contribution in [0.3, 0.4) is 0 Å². The highest BCUT2D eigenvalue weighted by Crippen LogP contribution is 2.34. The molecule has 0 aromatic carbocycles. The number of hydrogen-bond donors (Lipinski definition) is 0. The lowest BCUT2D eigenvalue weighted by molar-refractivity contribution is 0.0899. The van der Waals surface area contributed by atoms with Crippen molar-refractivity contribution < 1.29 is 4.74 Å². The third-order valence-electron chi connectivity index (χ3n) is 5.52. The molecule has 0 unspecified atom stereocenters. The zero-order valence-electron chi connectivity index (χ0n) is 16.2. The first-order chi connectivity index (χ1) is 12.5. The van der Waals surface area contributed by atoms with E-state index in [2.05, 4.69) is 57.0 Å². The maximum absolute atomic E-state index is 5.94. The molecular weight excluding hydrogens is 340 g/mol. The third kappa shape index (κ3) is 3.57. The van der Waals surface area contributed by atoms with Gasteiger partial charge in [-0.05, 0) is 25.0 Å². The van der Waals surface area contributed by atoms with Crippen LogP contribution in [0.1, 0.15) is 43.7 Å². The van der Waals surface area contributed by atoms with Crippen molar-refractivity contribution in [3.05, 3.63) is 30.4 Å². The number of fused-ring (bicyclic) bond motifs is 3. The molecule has 0 saturated heterocycles. The lowest BCUT2D eigenvalue weighted by Gasteiger charge is -2.21. The standard InChI is InChI=1S/C20H30N4OSi/c1-26(2,3)12-11-25-15-23-10-9-17-20(23)22-14-19-21-13-18(24(17)19)16-7-5-4-6-8-16/h9-10,13-14,16H,4-8,11-12,15H2,1-3H3. The molecule has 1 aliphatic carbocycles. The predicted molar refractivity (Wildman–Crippen MR) is 108 cm³/mol. The van der Waals surface area contributed by atoms with Crippen molar-refractivity contribution in [2.24, 2.45) is 0 Å². The second-order valence-corrected chi connectivity index (χ2v) is 14.4. The van der Waals surface area contributed by atoms with Crippen LogP contribution in [0.4, 0.5) is 0 Å². The van der Waals surface area contributed by atoms with Crippen LogP contribution in [0.2, 0.25) is 25.7 Å². The fourth-order valence-electron chi connectivity index (χ4n) is 3.95. The van der Waals surface area contributed by atoms with Crippen LogP contribution in [0.5, 0.6) is 0 Å². The fourth-order valence-corrected chi connectivity index (χ4v) is 4.71. The summed E-state index contributed by atoms with van der Waals surface area (Å²) in [5.41, 5.74) is 4.44. The number of imidazole rings is 1. The molecular formula is C20H30N4OSi. The van der Waals surface area contributed by atoms with Gasteiger partial charge in [0.2, 0.25) is 0 Å². The van der Waals surface area contributed by atoms with Gasteiger partial charge in [-0.1, -0.05) is 38.9 Å². The second kappa shape index (κ2) is 7.16. The minimum Gasteiger partial charge on any atom is -0.361 e. The first kappa shape index (κ1) is 17.7. The summed E-state index contributed by atoms with van der Waals surface area (Å²) in [6.45, 7) is 8.54. The van der Waals surface area contributed by atoms with E-state index in [9.17, 15) is 0 Å². The Morgan fingerprint density at radius 2 is 1.92 bits per heavy atom. The monoisotopic (exact) mass is 370 g/mol. The van der Waals surface area contributed by atoms with Crippen molar-refractivity contribution in [3.63, 3.8) is 0 Å². The van der Waals surface area contributed by atoms with E-state index in [1.165, 1.54) is 43.8 Å². The summed E-state index contributed by atoms with van der Waals surface area (Å²) in [6.07, 6.45) is 12.6. The number of ether oxygens (including phenoxy) is 1. The molecule has 0 aliphatic heterocycles. The molecule has 5 nitrogen and oxygen atoms in total. The summed E-state index contributed by atoms with van der Waals surface area (Å²) in [6, 6.07) is 3.35. The molecule has 3 aromatic rings. The first-order valence-electron chi connectivity index (χ1n) is 9.92. The molecule has 0 atom stereocenters. The average molecular weight is 371 g/mol. The molecule has 0 spiro atoms. The molecule has 0 radical (unpaired) electrons. The van der Waals surface area contributed by atoms with Crippen LogP contribution in [0, 0.1) is 0 Å². The summed E-state index contributed by atoms with van der Waals surface area (Å²) in [5, 5.41) is 0. The maximum atomic E-state index is 5.94. The Morgan fingerprint density at radius 1 is 1.12 bits per heavy atom. The molecule has 6 heteroatoms. The third-order valence-corrected chi connectivity index (χ3v) is 7.23. The zero-order valence-corrected chi connectivity index (χ0v) is 17.2. The Kier molecular flexibility index (Phi) is 4.88. The number of aromatic nitrogens is 4. The summed E-state index contributed by atoms with van der Waals surface area (Å²) in [4.78, 5) is 9.28. The van der Waals surface area contributed by atoms with Crippen molar-refractivity contribution in [2.45, 2.75) is 70.4 Å². The fraction of sp³-hybridized carbons (Fsp3) is 0.600. The van der Waals surface area contributed by atoms with Gasteiger partial charge >= 0.3 is 0 Å². The molecule has 0 N–H and O–H groups in total. The molecule has 140 valence electrons. The first-order valence-corrected chi connectivity index (χ1v) is 13.6. The van der Waals surface area contributed by atoms with Gasteiger partial charge in [-0.2, -0.15) is 0 Å². The summed E-state index contributed by atoms with van der Waals surface area (Å²) in [7, 11) is -1.05. The summed E-state index contributed by atoms with van der Waals surface area (Å²) < 4.78 is 10.4. The largest absolute Gasteiger partial charge is 0.361 e. The quantitative estimate of drug-likeness (QED) is 0.451. The number of rotatable bonds is 6. The smallest absolute Gasteiger partial charge is 0.159 e. The van der Waals surface area contributed by atoms with E-state index in [4.69, 9.17) is 4.74 Å². The Hall–Kier alpha value is -1.66. The van der Waals surface area contributed by atoms with Crippen LogP contribution >= 0.6 is 0 Å². The van der Waals surface area contributed by atoms with Crippen molar-refractivity contribution in [1.29, 1.82) is 0 Å². The van der Waals surface area contributed by atoms with Gasteiger partial charge in [0.1, 0.15) is 6.73 Å². The van der Waals surface area contributed by atoms with Gasteiger partial charge < -0.3 is 9.30 Å². The average Bonchev–Trinajstić information content (AvgIpc) is 3.22. The zero-order chi connectivity index (χ0) is 18.1.